The van der Waals surface area contributed by atoms with Crippen molar-refractivity contribution in [3.05, 3.63) is 57.7 Å². The maximum absolute atomic E-state index is 12.4. The van der Waals surface area contributed by atoms with Crippen molar-refractivity contribution < 1.29 is 9.32 Å². The van der Waals surface area contributed by atoms with E-state index in [9.17, 15) is 9.59 Å². The number of aromatic nitrogens is 3. The van der Waals surface area contributed by atoms with Gasteiger partial charge in [-0.05, 0) is 39.2 Å². The first-order valence-electron chi connectivity index (χ1n) is 9.12. The maximum atomic E-state index is 12.4. The normalized spacial score (nSPS) is 12.3. The van der Waals surface area contributed by atoms with Crippen LogP contribution < -0.4 is 10.9 Å². The molecule has 2 heterocycles. The zero-order chi connectivity index (χ0) is 19.4. The number of carbonyl (C=O) groups is 1. The van der Waals surface area contributed by atoms with Gasteiger partial charge in [0.15, 0.2) is 5.52 Å². The third-order valence-electron chi connectivity index (χ3n) is 4.60. The van der Waals surface area contributed by atoms with Crippen LogP contribution in [0.5, 0.6) is 0 Å². The average molecular weight is 368 g/mol. The molecular formula is C20H24N4O3. The fourth-order valence-electron chi connectivity index (χ4n) is 3.15. The highest BCUT2D eigenvalue weighted by Crippen LogP contribution is 2.16. The Kier molecular flexibility index (Phi) is 5.69. The highest BCUT2D eigenvalue weighted by molar-refractivity contribution is 5.81. The van der Waals surface area contributed by atoms with Crippen LogP contribution in [-0.2, 0) is 17.8 Å². The summed E-state index contributed by atoms with van der Waals surface area (Å²) in [6.07, 6.45) is 1.95. The molecule has 27 heavy (non-hydrogen) atoms. The SMILES string of the molecule is Cc1nn(CCC(=O)N[C@H](C)CCc2ccccc2)c(=O)c2noc(C)c12. The molecule has 1 aromatic carbocycles. The topological polar surface area (TPSA) is 90.0 Å². The summed E-state index contributed by atoms with van der Waals surface area (Å²) < 4.78 is 6.38. The van der Waals surface area contributed by atoms with Crippen molar-refractivity contribution in [3.8, 4) is 0 Å². The van der Waals surface area contributed by atoms with E-state index < -0.39 is 0 Å². The van der Waals surface area contributed by atoms with Crippen molar-refractivity contribution in [1.82, 2.24) is 20.3 Å². The first kappa shape index (κ1) is 18.8. The molecule has 3 rings (SSSR count). The first-order valence-corrected chi connectivity index (χ1v) is 9.12. The summed E-state index contributed by atoms with van der Waals surface area (Å²) in [6.45, 7) is 5.74. The van der Waals surface area contributed by atoms with Gasteiger partial charge in [-0.15, -0.1) is 0 Å². The fourth-order valence-corrected chi connectivity index (χ4v) is 3.15. The predicted octanol–water partition coefficient (Wildman–Crippen LogP) is 2.53. The highest BCUT2D eigenvalue weighted by atomic mass is 16.5. The van der Waals surface area contributed by atoms with Gasteiger partial charge >= 0.3 is 0 Å². The lowest BCUT2D eigenvalue weighted by Crippen LogP contribution is -2.34. The van der Waals surface area contributed by atoms with Crippen LogP contribution in [0, 0.1) is 13.8 Å². The van der Waals surface area contributed by atoms with Gasteiger partial charge in [-0.1, -0.05) is 35.5 Å². The molecule has 0 aliphatic carbocycles. The van der Waals surface area contributed by atoms with Crippen molar-refractivity contribution in [1.29, 1.82) is 0 Å². The van der Waals surface area contributed by atoms with E-state index in [1.165, 1.54) is 10.2 Å². The van der Waals surface area contributed by atoms with E-state index >= 15 is 0 Å². The number of nitrogens with zero attached hydrogens (tertiary/aromatic N) is 3. The Labute approximate surface area is 157 Å². The molecule has 0 bridgehead atoms. The number of carbonyl (C=O) groups excluding carboxylic acids is 1. The van der Waals surface area contributed by atoms with Gasteiger partial charge in [0.2, 0.25) is 5.91 Å². The Bertz CT molecular complexity index is 992. The number of amides is 1. The van der Waals surface area contributed by atoms with Crippen molar-refractivity contribution in [2.24, 2.45) is 0 Å². The molecule has 142 valence electrons. The Morgan fingerprint density at radius 3 is 2.74 bits per heavy atom. The average Bonchev–Trinajstić information content (AvgIpc) is 3.05. The minimum atomic E-state index is -0.336. The molecule has 0 unspecified atom stereocenters. The lowest BCUT2D eigenvalue weighted by atomic mass is 10.1. The zero-order valence-corrected chi connectivity index (χ0v) is 15.9. The smallest absolute Gasteiger partial charge is 0.296 e. The lowest BCUT2D eigenvalue weighted by Gasteiger charge is -2.14. The van der Waals surface area contributed by atoms with Crippen LogP contribution in [0.3, 0.4) is 0 Å². The second-order valence-corrected chi connectivity index (χ2v) is 6.82. The van der Waals surface area contributed by atoms with E-state index in [1.807, 2.05) is 25.1 Å². The third-order valence-corrected chi connectivity index (χ3v) is 4.60. The van der Waals surface area contributed by atoms with Gasteiger partial charge < -0.3 is 9.84 Å². The Morgan fingerprint density at radius 2 is 2.00 bits per heavy atom. The lowest BCUT2D eigenvalue weighted by molar-refractivity contribution is -0.122. The van der Waals surface area contributed by atoms with E-state index in [4.69, 9.17) is 4.52 Å². The van der Waals surface area contributed by atoms with Crippen LogP contribution >= 0.6 is 0 Å². The minimum absolute atomic E-state index is 0.0600. The zero-order valence-electron chi connectivity index (χ0n) is 15.9. The Morgan fingerprint density at radius 1 is 1.26 bits per heavy atom. The molecule has 7 nitrogen and oxygen atoms in total. The molecule has 0 saturated heterocycles. The molecule has 1 atom stereocenters. The molecule has 3 aromatic rings. The summed E-state index contributed by atoms with van der Waals surface area (Å²) in [4.78, 5) is 24.6. The van der Waals surface area contributed by atoms with Gasteiger partial charge in [0.25, 0.3) is 5.56 Å². The number of hydrogen-bond donors (Lipinski definition) is 1. The van der Waals surface area contributed by atoms with Crippen LogP contribution in [0.4, 0.5) is 0 Å². The second-order valence-electron chi connectivity index (χ2n) is 6.82. The molecule has 0 radical (unpaired) electrons. The molecule has 1 amide bonds. The molecular weight excluding hydrogens is 344 g/mol. The fraction of sp³-hybridized carbons (Fsp3) is 0.400. The summed E-state index contributed by atoms with van der Waals surface area (Å²) in [7, 11) is 0. The van der Waals surface area contributed by atoms with Crippen molar-refractivity contribution in [2.45, 2.75) is 52.6 Å². The molecule has 1 N–H and O–H groups in total. The van der Waals surface area contributed by atoms with Gasteiger partial charge in [-0.3, -0.25) is 9.59 Å². The Hall–Kier alpha value is -2.96. The summed E-state index contributed by atoms with van der Waals surface area (Å²) in [5.74, 6) is 0.475. The van der Waals surface area contributed by atoms with Crippen molar-refractivity contribution in [2.75, 3.05) is 0 Å². The number of benzene rings is 1. The van der Waals surface area contributed by atoms with E-state index in [0.29, 0.717) is 16.8 Å². The van der Waals surface area contributed by atoms with E-state index in [-0.39, 0.29) is 36.0 Å². The molecule has 2 aromatic heterocycles. The van der Waals surface area contributed by atoms with Gasteiger partial charge in [0.05, 0.1) is 17.6 Å². The van der Waals surface area contributed by atoms with Gasteiger partial charge in [-0.2, -0.15) is 5.10 Å². The standard InChI is InChI=1S/C20H24N4O3/c1-13(9-10-16-7-5-4-6-8-16)21-17(25)11-12-24-20(26)19-18(14(2)22-24)15(3)27-23-19/h4-8,13H,9-12H2,1-3H3,(H,21,25)/t13-/m1/s1. The number of hydrogen-bond acceptors (Lipinski definition) is 5. The predicted molar refractivity (Wildman–Crippen MR) is 103 cm³/mol. The maximum Gasteiger partial charge on any atom is 0.296 e. The monoisotopic (exact) mass is 368 g/mol. The Balaban J connectivity index is 1.55. The van der Waals surface area contributed by atoms with Gasteiger partial charge in [-0.25, -0.2) is 4.68 Å². The van der Waals surface area contributed by atoms with Crippen LogP contribution in [-0.4, -0.2) is 26.9 Å². The van der Waals surface area contributed by atoms with E-state index in [0.717, 1.165) is 12.8 Å². The molecule has 7 heteroatoms. The largest absolute Gasteiger partial charge is 0.360 e. The number of aryl methyl sites for hydroxylation is 4. The third kappa shape index (κ3) is 4.42. The summed E-state index contributed by atoms with van der Waals surface area (Å²) in [6, 6.07) is 10.2. The number of fused-ring (bicyclic) bond motifs is 1. The molecule has 0 fully saturated rings. The second kappa shape index (κ2) is 8.16. The quantitative estimate of drug-likeness (QED) is 0.692. The highest BCUT2D eigenvalue weighted by Gasteiger charge is 2.16. The molecule has 0 aliphatic rings. The molecule has 0 saturated carbocycles. The minimum Gasteiger partial charge on any atom is -0.360 e. The van der Waals surface area contributed by atoms with E-state index in [2.05, 4.69) is 27.7 Å². The van der Waals surface area contributed by atoms with Crippen LogP contribution in [0.15, 0.2) is 39.6 Å². The van der Waals surface area contributed by atoms with Crippen LogP contribution in [0.1, 0.15) is 36.8 Å². The molecule has 0 aliphatic heterocycles. The summed E-state index contributed by atoms with van der Waals surface area (Å²) in [5, 5.41) is 11.7. The van der Waals surface area contributed by atoms with Crippen molar-refractivity contribution >= 4 is 16.8 Å². The summed E-state index contributed by atoms with van der Waals surface area (Å²) in [5.41, 5.74) is 1.84. The van der Waals surface area contributed by atoms with E-state index in [1.54, 1.807) is 13.8 Å². The summed E-state index contributed by atoms with van der Waals surface area (Å²) >= 11 is 0. The van der Waals surface area contributed by atoms with Crippen LogP contribution in [0.2, 0.25) is 0 Å². The number of nitrogens with one attached hydrogen (secondary N) is 1. The number of rotatable bonds is 7. The van der Waals surface area contributed by atoms with Crippen LogP contribution in [0.25, 0.3) is 10.9 Å². The molecule has 0 spiro atoms. The van der Waals surface area contributed by atoms with Crippen molar-refractivity contribution in [3.63, 3.8) is 0 Å². The van der Waals surface area contributed by atoms with Gasteiger partial charge in [0.1, 0.15) is 5.76 Å². The first-order chi connectivity index (χ1) is 13.0. The van der Waals surface area contributed by atoms with Gasteiger partial charge in [0, 0.05) is 12.5 Å².